The summed E-state index contributed by atoms with van der Waals surface area (Å²) in [5.74, 6) is 3.61. The van der Waals surface area contributed by atoms with E-state index in [-0.39, 0.29) is 12.5 Å². The predicted octanol–water partition coefficient (Wildman–Crippen LogP) is 4.80. The summed E-state index contributed by atoms with van der Waals surface area (Å²) in [6, 6.07) is 21.4. The third-order valence-electron chi connectivity index (χ3n) is 5.24. The second-order valence-corrected chi connectivity index (χ2v) is 8.18. The third kappa shape index (κ3) is 3.84. The normalized spacial score (nSPS) is 12.5. The summed E-state index contributed by atoms with van der Waals surface area (Å²) in [6.07, 6.45) is 0. The van der Waals surface area contributed by atoms with Gasteiger partial charge in [0.25, 0.3) is 5.91 Å². The number of carbonyl (C=O) groups is 1. The van der Waals surface area contributed by atoms with Crippen LogP contribution in [0.25, 0.3) is 16.5 Å². The third-order valence-corrected chi connectivity index (χ3v) is 6.21. The van der Waals surface area contributed by atoms with Crippen molar-refractivity contribution in [3.05, 3.63) is 78.0 Å². The molecule has 4 aromatic rings. The van der Waals surface area contributed by atoms with E-state index < -0.39 is 0 Å². The van der Waals surface area contributed by atoms with Crippen LogP contribution in [0.15, 0.2) is 66.7 Å². The van der Waals surface area contributed by atoms with Crippen molar-refractivity contribution in [3.8, 4) is 17.2 Å². The summed E-state index contributed by atoms with van der Waals surface area (Å²) in [6.45, 7) is -0.0796. The molecule has 1 aliphatic heterocycles. The van der Waals surface area contributed by atoms with Gasteiger partial charge in [0, 0.05) is 22.5 Å². The number of ether oxygens (including phenoxy) is 2. The molecule has 1 amide bonds. The monoisotopic (exact) mass is 431 g/mol. The van der Waals surface area contributed by atoms with E-state index in [1.54, 1.807) is 23.6 Å². The Morgan fingerprint density at radius 2 is 1.87 bits per heavy atom. The van der Waals surface area contributed by atoms with Crippen molar-refractivity contribution in [1.29, 1.82) is 0 Å². The fourth-order valence-corrected chi connectivity index (χ4v) is 4.72. The van der Waals surface area contributed by atoms with Crippen molar-refractivity contribution in [2.24, 2.45) is 0 Å². The van der Waals surface area contributed by atoms with Gasteiger partial charge in [0.1, 0.15) is 17.3 Å². The standard InChI is InChI=1S/C24H21N3O3S/c1-29-18-11-9-17(10-12-18)27-24(20-14-31-15-21(20)26-27)25-23(28)13-30-22-8-4-6-16-5-2-3-7-19(16)22/h2-12H,13-15H2,1H3,(H,25,28). The molecule has 156 valence electrons. The van der Waals surface area contributed by atoms with Gasteiger partial charge in [-0.1, -0.05) is 36.4 Å². The Morgan fingerprint density at radius 1 is 1.06 bits per heavy atom. The molecule has 5 rings (SSSR count). The Morgan fingerprint density at radius 3 is 2.71 bits per heavy atom. The zero-order chi connectivity index (χ0) is 21.2. The zero-order valence-electron chi connectivity index (χ0n) is 17.0. The maximum absolute atomic E-state index is 12.8. The number of aromatic nitrogens is 2. The SMILES string of the molecule is COc1ccc(-n2nc3c(c2NC(=O)COc2cccc4ccccc24)CSC3)cc1. The molecule has 2 heterocycles. The van der Waals surface area contributed by atoms with Crippen LogP contribution in [0.2, 0.25) is 0 Å². The van der Waals surface area contributed by atoms with Crippen LogP contribution in [-0.4, -0.2) is 29.4 Å². The fourth-order valence-electron chi connectivity index (χ4n) is 3.68. The zero-order valence-corrected chi connectivity index (χ0v) is 17.8. The number of hydrogen-bond acceptors (Lipinski definition) is 5. The Balaban J connectivity index is 1.37. The molecule has 3 aromatic carbocycles. The van der Waals surface area contributed by atoms with Gasteiger partial charge in [-0.25, -0.2) is 4.68 Å². The number of nitrogens with zero attached hydrogens (tertiary/aromatic N) is 2. The molecule has 31 heavy (non-hydrogen) atoms. The van der Waals surface area contributed by atoms with Crippen molar-refractivity contribution in [2.45, 2.75) is 11.5 Å². The summed E-state index contributed by atoms with van der Waals surface area (Å²) in [5.41, 5.74) is 2.94. The number of fused-ring (bicyclic) bond motifs is 2. The van der Waals surface area contributed by atoms with E-state index in [4.69, 9.17) is 14.6 Å². The number of thioether (sulfide) groups is 1. The van der Waals surface area contributed by atoms with Crippen LogP contribution in [-0.2, 0) is 16.3 Å². The minimum atomic E-state index is -0.220. The first kappa shape index (κ1) is 19.5. The van der Waals surface area contributed by atoms with E-state index in [1.165, 1.54) is 0 Å². The first-order chi connectivity index (χ1) is 15.2. The molecule has 1 aromatic heterocycles. The Kier molecular flexibility index (Phi) is 5.26. The molecular weight excluding hydrogens is 410 g/mol. The van der Waals surface area contributed by atoms with Crippen LogP contribution < -0.4 is 14.8 Å². The lowest BCUT2D eigenvalue weighted by atomic mass is 10.1. The number of benzene rings is 3. The fraction of sp³-hybridized carbons (Fsp3) is 0.167. The molecule has 0 spiro atoms. The second kappa shape index (κ2) is 8.35. The molecule has 0 fully saturated rings. The minimum Gasteiger partial charge on any atom is -0.497 e. The number of rotatable bonds is 6. The lowest BCUT2D eigenvalue weighted by molar-refractivity contribution is -0.118. The van der Waals surface area contributed by atoms with Gasteiger partial charge in [0.15, 0.2) is 6.61 Å². The van der Waals surface area contributed by atoms with Gasteiger partial charge in [-0.2, -0.15) is 16.9 Å². The topological polar surface area (TPSA) is 65.4 Å². The molecule has 1 N–H and O–H groups in total. The van der Waals surface area contributed by atoms with Crippen molar-refractivity contribution in [1.82, 2.24) is 9.78 Å². The molecule has 1 aliphatic rings. The molecule has 0 aliphatic carbocycles. The van der Waals surface area contributed by atoms with E-state index in [9.17, 15) is 4.79 Å². The summed E-state index contributed by atoms with van der Waals surface area (Å²) >= 11 is 1.79. The van der Waals surface area contributed by atoms with E-state index in [0.717, 1.165) is 45.0 Å². The lowest BCUT2D eigenvalue weighted by Gasteiger charge is -2.13. The summed E-state index contributed by atoms with van der Waals surface area (Å²) in [5, 5.41) is 9.82. The molecule has 0 radical (unpaired) electrons. The van der Waals surface area contributed by atoms with Gasteiger partial charge < -0.3 is 14.8 Å². The summed E-state index contributed by atoms with van der Waals surface area (Å²) < 4.78 is 12.9. The average molecular weight is 432 g/mol. The van der Waals surface area contributed by atoms with Gasteiger partial charge in [-0.3, -0.25) is 4.79 Å². The van der Waals surface area contributed by atoms with Crippen LogP contribution in [0.3, 0.4) is 0 Å². The van der Waals surface area contributed by atoms with Gasteiger partial charge >= 0.3 is 0 Å². The summed E-state index contributed by atoms with van der Waals surface area (Å²) in [7, 11) is 1.64. The molecule has 0 saturated carbocycles. The molecule has 6 nitrogen and oxygen atoms in total. The number of amides is 1. The molecule has 7 heteroatoms. The smallest absolute Gasteiger partial charge is 0.263 e. The number of hydrogen-bond donors (Lipinski definition) is 1. The van der Waals surface area contributed by atoms with Crippen molar-refractivity contribution >= 4 is 34.3 Å². The lowest BCUT2D eigenvalue weighted by Crippen LogP contribution is -2.22. The van der Waals surface area contributed by atoms with Crippen molar-refractivity contribution < 1.29 is 14.3 Å². The van der Waals surface area contributed by atoms with Crippen LogP contribution in [0.1, 0.15) is 11.3 Å². The first-order valence-corrected chi connectivity index (χ1v) is 11.1. The van der Waals surface area contributed by atoms with Crippen LogP contribution in [0, 0.1) is 0 Å². The van der Waals surface area contributed by atoms with E-state index in [0.29, 0.717) is 11.6 Å². The van der Waals surface area contributed by atoms with Gasteiger partial charge in [-0.15, -0.1) is 0 Å². The van der Waals surface area contributed by atoms with E-state index >= 15 is 0 Å². The number of anilines is 1. The molecule has 0 saturated heterocycles. The highest BCUT2D eigenvalue weighted by atomic mass is 32.2. The van der Waals surface area contributed by atoms with Gasteiger partial charge in [-0.05, 0) is 35.7 Å². The molecule has 0 unspecified atom stereocenters. The quantitative estimate of drug-likeness (QED) is 0.475. The van der Waals surface area contributed by atoms with Crippen LogP contribution in [0.4, 0.5) is 5.82 Å². The minimum absolute atomic E-state index is 0.0796. The highest BCUT2D eigenvalue weighted by Gasteiger charge is 2.25. The largest absolute Gasteiger partial charge is 0.497 e. The highest BCUT2D eigenvalue weighted by molar-refractivity contribution is 7.98. The predicted molar refractivity (Wildman–Crippen MR) is 123 cm³/mol. The highest BCUT2D eigenvalue weighted by Crippen LogP contribution is 2.36. The number of carbonyl (C=O) groups excluding carboxylic acids is 1. The molecule has 0 atom stereocenters. The summed E-state index contributed by atoms with van der Waals surface area (Å²) in [4.78, 5) is 12.8. The maximum atomic E-state index is 12.8. The van der Waals surface area contributed by atoms with Crippen LogP contribution in [0.5, 0.6) is 11.5 Å². The van der Waals surface area contributed by atoms with Crippen molar-refractivity contribution in [3.63, 3.8) is 0 Å². The van der Waals surface area contributed by atoms with Gasteiger partial charge in [0.2, 0.25) is 0 Å². The first-order valence-electron chi connectivity index (χ1n) is 9.96. The molecule has 0 bridgehead atoms. The second-order valence-electron chi connectivity index (χ2n) is 7.19. The Bertz CT molecular complexity index is 1250. The number of methoxy groups -OCH3 is 1. The Labute approximate surface area is 184 Å². The molecular formula is C24H21N3O3S. The average Bonchev–Trinajstić information content (AvgIpc) is 3.40. The van der Waals surface area contributed by atoms with E-state index in [1.807, 2.05) is 66.7 Å². The maximum Gasteiger partial charge on any atom is 0.263 e. The van der Waals surface area contributed by atoms with Crippen molar-refractivity contribution in [2.75, 3.05) is 19.0 Å². The Hall–Kier alpha value is -3.45. The van der Waals surface area contributed by atoms with Crippen LogP contribution >= 0.6 is 11.8 Å². The number of nitrogens with one attached hydrogen (secondary N) is 1. The van der Waals surface area contributed by atoms with Gasteiger partial charge in [0.05, 0.1) is 18.5 Å². The van der Waals surface area contributed by atoms with E-state index in [2.05, 4.69) is 5.32 Å².